The first-order valence-electron chi connectivity index (χ1n) is 3.65. The van der Waals surface area contributed by atoms with Crippen LogP contribution in [0.4, 0.5) is 4.39 Å². The fourth-order valence-corrected chi connectivity index (χ4v) is 1.35. The van der Waals surface area contributed by atoms with Crippen LogP contribution >= 0.6 is 15.9 Å². The molecule has 0 atom stereocenters. The molecule has 0 bridgehead atoms. The molecule has 66 valence electrons. The molecule has 0 saturated carbocycles. The number of benzene rings is 1. The van der Waals surface area contributed by atoms with Gasteiger partial charge in [-0.05, 0) is 26.0 Å². The minimum Gasteiger partial charge on any atom is -0.322 e. The Balaban J connectivity index is 3.19. The average molecular weight is 232 g/mol. The zero-order valence-corrected chi connectivity index (χ0v) is 8.65. The Morgan fingerprint density at radius 3 is 2.42 bits per heavy atom. The van der Waals surface area contributed by atoms with Gasteiger partial charge in [0, 0.05) is 15.6 Å². The minimum absolute atomic E-state index is 0.267. The first kappa shape index (κ1) is 9.68. The molecule has 1 nitrogen and oxygen atoms in total. The monoisotopic (exact) mass is 231 g/mol. The van der Waals surface area contributed by atoms with Gasteiger partial charge in [-0.25, -0.2) is 4.39 Å². The number of halogens is 2. The van der Waals surface area contributed by atoms with Crippen LogP contribution in [0.3, 0.4) is 0 Å². The van der Waals surface area contributed by atoms with Gasteiger partial charge in [0.1, 0.15) is 5.82 Å². The van der Waals surface area contributed by atoms with E-state index in [1.54, 1.807) is 26.0 Å². The van der Waals surface area contributed by atoms with E-state index in [-0.39, 0.29) is 5.82 Å². The molecule has 0 aromatic heterocycles. The number of nitrogens with two attached hydrogens (primary N) is 1. The molecule has 2 N–H and O–H groups in total. The van der Waals surface area contributed by atoms with Crippen molar-refractivity contribution < 1.29 is 4.39 Å². The van der Waals surface area contributed by atoms with Gasteiger partial charge in [0.2, 0.25) is 0 Å². The molecule has 0 aliphatic heterocycles. The van der Waals surface area contributed by atoms with Gasteiger partial charge in [0.05, 0.1) is 0 Å². The second kappa shape index (κ2) is 3.15. The van der Waals surface area contributed by atoms with Crippen LogP contribution in [0.15, 0.2) is 22.7 Å². The Morgan fingerprint density at radius 2 is 2.00 bits per heavy atom. The van der Waals surface area contributed by atoms with E-state index in [0.29, 0.717) is 5.56 Å². The fourth-order valence-electron chi connectivity index (χ4n) is 1.01. The molecule has 0 unspecified atom stereocenters. The van der Waals surface area contributed by atoms with Crippen molar-refractivity contribution in [1.29, 1.82) is 0 Å². The number of rotatable bonds is 1. The molecule has 0 fully saturated rings. The maximum atomic E-state index is 13.2. The zero-order valence-electron chi connectivity index (χ0n) is 7.07. The van der Waals surface area contributed by atoms with Crippen LogP contribution in [0, 0.1) is 5.82 Å². The van der Waals surface area contributed by atoms with Crippen molar-refractivity contribution in [2.45, 2.75) is 19.4 Å². The molecule has 1 aromatic rings. The lowest BCUT2D eigenvalue weighted by atomic mass is 9.95. The van der Waals surface area contributed by atoms with Gasteiger partial charge in [0.25, 0.3) is 0 Å². The minimum atomic E-state index is -0.620. The second-order valence-electron chi connectivity index (χ2n) is 3.35. The van der Waals surface area contributed by atoms with Crippen LogP contribution in [0.1, 0.15) is 19.4 Å². The third-order valence-corrected chi connectivity index (χ3v) is 2.12. The number of hydrogen-bond donors (Lipinski definition) is 1. The van der Waals surface area contributed by atoms with Gasteiger partial charge in [-0.2, -0.15) is 0 Å². The van der Waals surface area contributed by atoms with Crippen LogP contribution in [0.2, 0.25) is 0 Å². The SMILES string of the molecule is CC(C)(N)c1ccc(Br)cc1F. The van der Waals surface area contributed by atoms with E-state index in [9.17, 15) is 4.39 Å². The first-order valence-corrected chi connectivity index (χ1v) is 4.45. The molecule has 0 amide bonds. The van der Waals surface area contributed by atoms with E-state index in [1.807, 2.05) is 0 Å². The molecule has 12 heavy (non-hydrogen) atoms. The van der Waals surface area contributed by atoms with Crippen LogP contribution < -0.4 is 5.73 Å². The zero-order chi connectivity index (χ0) is 9.35. The van der Waals surface area contributed by atoms with E-state index < -0.39 is 5.54 Å². The lowest BCUT2D eigenvalue weighted by molar-refractivity contribution is 0.501. The predicted molar refractivity (Wildman–Crippen MR) is 51.3 cm³/mol. The summed E-state index contributed by atoms with van der Waals surface area (Å²) < 4.78 is 14.0. The van der Waals surface area contributed by atoms with Crippen molar-refractivity contribution in [1.82, 2.24) is 0 Å². The smallest absolute Gasteiger partial charge is 0.129 e. The molecule has 0 spiro atoms. The van der Waals surface area contributed by atoms with Crippen molar-refractivity contribution in [3.8, 4) is 0 Å². The molecule has 0 heterocycles. The summed E-state index contributed by atoms with van der Waals surface area (Å²) >= 11 is 3.18. The molecule has 0 saturated heterocycles. The summed E-state index contributed by atoms with van der Waals surface area (Å²) in [4.78, 5) is 0. The van der Waals surface area contributed by atoms with Crippen molar-refractivity contribution >= 4 is 15.9 Å². The molecule has 0 aliphatic carbocycles. The molecule has 3 heteroatoms. The molecule has 1 rings (SSSR count). The van der Waals surface area contributed by atoms with Crippen LogP contribution in [0.5, 0.6) is 0 Å². The lowest BCUT2D eigenvalue weighted by Gasteiger charge is -2.19. The number of hydrogen-bond acceptors (Lipinski definition) is 1. The van der Waals surface area contributed by atoms with Gasteiger partial charge < -0.3 is 5.73 Å². The summed E-state index contributed by atoms with van der Waals surface area (Å²) in [5.41, 5.74) is 5.67. The first-order chi connectivity index (χ1) is 5.41. The van der Waals surface area contributed by atoms with E-state index in [1.165, 1.54) is 6.07 Å². The molecular formula is C9H11BrFN. The van der Waals surface area contributed by atoms with Crippen molar-refractivity contribution in [2.75, 3.05) is 0 Å². The topological polar surface area (TPSA) is 26.0 Å². The van der Waals surface area contributed by atoms with E-state index >= 15 is 0 Å². The van der Waals surface area contributed by atoms with E-state index in [0.717, 1.165) is 4.47 Å². The van der Waals surface area contributed by atoms with Crippen LogP contribution in [0.25, 0.3) is 0 Å². The Labute approximate surface area is 79.9 Å². The summed E-state index contributed by atoms with van der Waals surface area (Å²) in [6, 6.07) is 4.90. The summed E-state index contributed by atoms with van der Waals surface area (Å²) in [5.74, 6) is -0.267. The Bertz CT molecular complexity index is 291. The van der Waals surface area contributed by atoms with Crippen molar-refractivity contribution in [2.24, 2.45) is 5.73 Å². The van der Waals surface area contributed by atoms with Crippen LogP contribution in [-0.4, -0.2) is 0 Å². The van der Waals surface area contributed by atoms with Gasteiger partial charge in [-0.1, -0.05) is 22.0 Å². The Morgan fingerprint density at radius 1 is 1.42 bits per heavy atom. The summed E-state index contributed by atoms with van der Waals surface area (Å²) in [7, 11) is 0. The molecule has 0 aliphatic rings. The van der Waals surface area contributed by atoms with Gasteiger partial charge >= 0.3 is 0 Å². The Hall–Kier alpha value is -0.410. The van der Waals surface area contributed by atoms with Crippen molar-refractivity contribution in [3.63, 3.8) is 0 Å². The molecule has 0 radical (unpaired) electrons. The van der Waals surface area contributed by atoms with Gasteiger partial charge in [-0.15, -0.1) is 0 Å². The normalized spacial score (nSPS) is 11.8. The highest BCUT2D eigenvalue weighted by molar-refractivity contribution is 9.10. The highest BCUT2D eigenvalue weighted by Crippen LogP contribution is 2.23. The standard InChI is InChI=1S/C9H11BrFN/c1-9(2,12)7-4-3-6(10)5-8(7)11/h3-5H,12H2,1-2H3. The van der Waals surface area contributed by atoms with Crippen LogP contribution in [-0.2, 0) is 5.54 Å². The summed E-state index contributed by atoms with van der Waals surface area (Å²) in [6.45, 7) is 3.55. The fraction of sp³-hybridized carbons (Fsp3) is 0.333. The van der Waals surface area contributed by atoms with Gasteiger partial charge in [-0.3, -0.25) is 0 Å². The highest BCUT2D eigenvalue weighted by atomic mass is 79.9. The summed E-state index contributed by atoms with van der Waals surface area (Å²) in [5, 5.41) is 0. The summed E-state index contributed by atoms with van der Waals surface area (Å²) in [6.07, 6.45) is 0. The van der Waals surface area contributed by atoms with Gasteiger partial charge in [0.15, 0.2) is 0 Å². The molecular weight excluding hydrogens is 221 g/mol. The predicted octanol–water partition coefficient (Wildman–Crippen LogP) is 2.78. The quantitative estimate of drug-likeness (QED) is 0.791. The largest absolute Gasteiger partial charge is 0.322 e. The third kappa shape index (κ3) is 2.05. The van der Waals surface area contributed by atoms with E-state index in [2.05, 4.69) is 15.9 Å². The third-order valence-electron chi connectivity index (χ3n) is 1.63. The molecule has 1 aromatic carbocycles. The second-order valence-corrected chi connectivity index (χ2v) is 4.26. The maximum absolute atomic E-state index is 13.2. The average Bonchev–Trinajstić information content (AvgIpc) is 1.83. The maximum Gasteiger partial charge on any atom is 0.129 e. The Kier molecular flexibility index (Phi) is 2.54. The van der Waals surface area contributed by atoms with E-state index in [4.69, 9.17) is 5.73 Å². The van der Waals surface area contributed by atoms with Crippen molar-refractivity contribution in [3.05, 3.63) is 34.1 Å². The lowest BCUT2D eigenvalue weighted by Crippen LogP contribution is -2.29. The highest BCUT2D eigenvalue weighted by Gasteiger charge is 2.18.